The number of thiocarbonyl (C=S) groups is 1. The molecule has 136 valence electrons. The summed E-state index contributed by atoms with van der Waals surface area (Å²) in [6.45, 7) is 3.48. The smallest absolute Gasteiger partial charge is 0.311 e. The first-order chi connectivity index (χ1) is 12.2. The molecule has 0 aliphatic heterocycles. The highest BCUT2D eigenvalue weighted by atomic mass is 127. The molecule has 26 heavy (non-hydrogen) atoms. The molecule has 0 saturated carbocycles. The maximum Gasteiger partial charge on any atom is 0.311 e. The van der Waals surface area contributed by atoms with Crippen molar-refractivity contribution in [2.75, 3.05) is 5.32 Å². The number of benzene rings is 2. The van der Waals surface area contributed by atoms with Crippen LogP contribution in [0.5, 0.6) is 11.5 Å². The molecule has 0 bridgehead atoms. The summed E-state index contributed by atoms with van der Waals surface area (Å²) in [5.74, 6) is -0.952. The molecule has 0 fully saturated rings. The van der Waals surface area contributed by atoms with E-state index >= 15 is 0 Å². The SMILES string of the molecule is CC(=NNC(=S)Nc1cc(I)ccc1C)c1cc([N+](=O)[O-])c(O)cc1O. The number of phenolic OH excluding ortho intramolecular Hbond substituents is 2. The van der Waals surface area contributed by atoms with Crippen molar-refractivity contribution in [3.05, 3.63) is 55.1 Å². The first-order valence-electron chi connectivity index (χ1n) is 7.27. The predicted octanol–water partition coefficient (Wildman–Crippen LogP) is 3.63. The fraction of sp³-hybridized carbons (Fsp3) is 0.125. The van der Waals surface area contributed by atoms with Gasteiger partial charge in [0.05, 0.1) is 10.6 Å². The highest BCUT2D eigenvalue weighted by Gasteiger charge is 2.19. The molecule has 0 saturated heterocycles. The Bertz CT molecular complexity index is 917. The normalized spacial score (nSPS) is 11.1. The number of rotatable bonds is 4. The molecule has 8 nitrogen and oxygen atoms in total. The summed E-state index contributed by atoms with van der Waals surface area (Å²) in [6, 6.07) is 7.80. The highest BCUT2D eigenvalue weighted by Crippen LogP contribution is 2.33. The summed E-state index contributed by atoms with van der Waals surface area (Å²) in [7, 11) is 0. The van der Waals surface area contributed by atoms with Gasteiger partial charge in [-0.2, -0.15) is 5.10 Å². The van der Waals surface area contributed by atoms with Crippen LogP contribution in [0.3, 0.4) is 0 Å². The molecule has 0 spiro atoms. The Morgan fingerprint density at radius 2 is 1.96 bits per heavy atom. The van der Waals surface area contributed by atoms with Crippen LogP contribution in [0.25, 0.3) is 0 Å². The average molecular weight is 486 g/mol. The van der Waals surface area contributed by atoms with Crippen LogP contribution in [0.1, 0.15) is 18.1 Å². The van der Waals surface area contributed by atoms with Gasteiger partial charge in [0.2, 0.25) is 0 Å². The fourth-order valence-electron chi connectivity index (χ4n) is 2.08. The van der Waals surface area contributed by atoms with E-state index in [1.165, 1.54) is 0 Å². The Balaban J connectivity index is 2.17. The topological polar surface area (TPSA) is 120 Å². The first kappa shape index (κ1) is 19.8. The number of nitrogens with zero attached hydrogens (tertiary/aromatic N) is 2. The minimum atomic E-state index is -0.745. The van der Waals surface area contributed by atoms with E-state index in [1.54, 1.807) is 6.92 Å². The maximum atomic E-state index is 10.9. The second kappa shape index (κ2) is 8.27. The molecule has 0 aliphatic rings. The Labute approximate surface area is 168 Å². The standard InChI is InChI=1S/C16H15IN4O4S/c1-8-3-4-10(17)5-12(8)18-16(26)20-19-9(2)11-6-13(21(24)25)15(23)7-14(11)22/h3-7,22-23H,1-2H3,(H2,18,20,26). The van der Waals surface area contributed by atoms with Gasteiger partial charge in [-0.05, 0) is 66.4 Å². The molecule has 10 heteroatoms. The molecule has 0 radical (unpaired) electrons. The first-order valence-corrected chi connectivity index (χ1v) is 8.76. The summed E-state index contributed by atoms with van der Waals surface area (Å²) >= 11 is 7.37. The minimum absolute atomic E-state index is 0.107. The second-order valence-corrected chi connectivity index (χ2v) is 6.99. The molecule has 0 atom stereocenters. The lowest BCUT2D eigenvalue weighted by Gasteiger charge is -2.11. The van der Waals surface area contributed by atoms with Gasteiger partial charge in [-0.25, -0.2) is 0 Å². The summed E-state index contributed by atoms with van der Waals surface area (Å²) in [4.78, 5) is 10.2. The fourth-order valence-corrected chi connectivity index (χ4v) is 2.72. The van der Waals surface area contributed by atoms with Crippen molar-refractivity contribution in [3.63, 3.8) is 0 Å². The molecule has 0 aliphatic carbocycles. The van der Waals surface area contributed by atoms with E-state index < -0.39 is 16.4 Å². The average Bonchev–Trinajstić information content (AvgIpc) is 2.55. The number of nitro groups is 1. The van der Waals surface area contributed by atoms with E-state index in [2.05, 4.69) is 38.4 Å². The van der Waals surface area contributed by atoms with E-state index in [0.717, 1.165) is 27.0 Å². The lowest BCUT2D eigenvalue weighted by atomic mass is 10.1. The van der Waals surface area contributed by atoms with Crippen LogP contribution in [0, 0.1) is 20.6 Å². The number of hydrogen-bond donors (Lipinski definition) is 4. The number of aromatic hydroxyl groups is 2. The molecule has 2 aromatic carbocycles. The third kappa shape index (κ3) is 4.79. The van der Waals surface area contributed by atoms with Crippen molar-refractivity contribution in [1.29, 1.82) is 0 Å². The number of phenols is 2. The molecule has 0 aromatic heterocycles. The zero-order valence-electron chi connectivity index (χ0n) is 13.8. The number of hydrogen-bond acceptors (Lipinski definition) is 6. The zero-order chi connectivity index (χ0) is 19.4. The van der Waals surface area contributed by atoms with Crippen molar-refractivity contribution < 1.29 is 15.1 Å². The van der Waals surface area contributed by atoms with E-state index in [4.69, 9.17) is 12.2 Å². The molecule has 0 unspecified atom stereocenters. The van der Waals surface area contributed by atoms with Gasteiger partial charge in [0.15, 0.2) is 10.9 Å². The van der Waals surface area contributed by atoms with Crippen molar-refractivity contribution >= 4 is 57.0 Å². The van der Waals surface area contributed by atoms with E-state index in [-0.39, 0.29) is 22.1 Å². The van der Waals surface area contributed by atoms with Gasteiger partial charge in [-0.1, -0.05) is 6.07 Å². The number of aryl methyl sites for hydroxylation is 1. The number of halogens is 1. The minimum Gasteiger partial charge on any atom is -0.507 e. The van der Waals surface area contributed by atoms with Crippen LogP contribution in [-0.4, -0.2) is 26.0 Å². The van der Waals surface area contributed by atoms with Crippen molar-refractivity contribution in [2.45, 2.75) is 13.8 Å². The largest absolute Gasteiger partial charge is 0.507 e. The second-order valence-electron chi connectivity index (χ2n) is 5.34. The Kier molecular flexibility index (Phi) is 6.32. The monoisotopic (exact) mass is 486 g/mol. The van der Waals surface area contributed by atoms with Gasteiger partial charge in [-0.3, -0.25) is 15.5 Å². The Morgan fingerprint density at radius 1 is 1.27 bits per heavy atom. The van der Waals surface area contributed by atoms with Crippen LogP contribution in [0.4, 0.5) is 11.4 Å². The number of nitro benzene ring substituents is 1. The molecule has 2 aromatic rings. The molecular formula is C16H15IN4O4S. The zero-order valence-corrected chi connectivity index (χ0v) is 16.8. The lowest BCUT2D eigenvalue weighted by Crippen LogP contribution is -2.25. The summed E-state index contributed by atoms with van der Waals surface area (Å²) < 4.78 is 1.04. The Hall–Kier alpha value is -2.47. The molecule has 4 N–H and O–H groups in total. The van der Waals surface area contributed by atoms with Crippen LogP contribution < -0.4 is 10.7 Å². The summed E-state index contributed by atoms with van der Waals surface area (Å²) in [5, 5.41) is 37.6. The number of nitrogens with one attached hydrogen (secondary N) is 2. The number of anilines is 1. The van der Waals surface area contributed by atoms with Crippen LogP contribution in [0.15, 0.2) is 35.4 Å². The molecule has 2 rings (SSSR count). The molecular weight excluding hydrogens is 471 g/mol. The lowest BCUT2D eigenvalue weighted by molar-refractivity contribution is -0.385. The van der Waals surface area contributed by atoms with Gasteiger partial charge >= 0.3 is 5.69 Å². The van der Waals surface area contributed by atoms with Crippen molar-refractivity contribution in [3.8, 4) is 11.5 Å². The van der Waals surface area contributed by atoms with Gasteiger partial charge in [-0.15, -0.1) is 0 Å². The highest BCUT2D eigenvalue weighted by molar-refractivity contribution is 14.1. The summed E-state index contributed by atoms with van der Waals surface area (Å²) in [6.07, 6.45) is 0. The van der Waals surface area contributed by atoms with Crippen molar-refractivity contribution in [2.24, 2.45) is 5.10 Å². The summed E-state index contributed by atoms with van der Waals surface area (Å²) in [5.41, 5.74) is 4.30. The quantitative estimate of drug-likeness (QED) is 0.171. The maximum absolute atomic E-state index is 10.9. The third-order valence-corrected chi connectivity index (χ3v) is 4.32. The molecule has 0 heterocycles. The van der Waals surface area contributed by atoms with Crippen LogP contribution in [-0.2, 0) is 0 Å². The van der Waals surface area contributed by atoms with Gasteiger partial charge in [0.1, 0.15) is 5.75 Å². The van der Waals surface area contributed by atoms with E-state index in [9.17, 15) is 20.3 Å². The van der Waals surface area contributed by atoms with Gasteiger partial charge < -0.3 is 15.5 Å². The van der Waals surface area contributed by atoms with Crippen LogP contribution in [0.2, 0.25) is 0 Å². The van der Waals surface area contributed by atoms with E-state index in [0.29, 0.717) is 0 Å². The van der Waals surface area contributed by atoms with Gasteiger partial charge in [0, 0.05) is 27.0 Å². The van der Waals surface area contributed by atoms with Crippen molar-refractivity contribution in [1.82, 2.24) is 5.43 Å². The number of hydrazone groups is 1. The molecule has 0 amide bonds. The van der Waals surface area contributed by atoms with Gasteiger partial charge in [0.25, 0.3) is 0 Å². The van der Waals surface area contributed by atoms with E-state index in [1.807, 2.05) is 25.1 Å². The predicted molar refractivity (Wildman–Crippen MR) is 112 cm³/mol. The van der Waals surface area contributed by atoms with Crippen LogP contribution >= 0.6 is 34.8 Å². The third-order valence-electron chi connectivity index (χ3n) is 3.45. The Morgan fingerprint density at radius 3 is 2.62 bits per heavy atom.